The molecule has 0 aliphatic heterocycles. The van der Waals surface area contributed by atoms with Crippen LogP contribution in [0.2, 0.25) is 5.02 Å². The first-order valence-electron chi connectivity index (χ1n) is 6.93. The summed E-state index contributed by atoms with van der Waals surface area (Å²) in [5.41, 5.74) is 6.73. The number of nitrogens with zero attached hydrogens (tertiary/aromatic N) is 2. The van der Waals surface area contributed by atoms with Gasteiger partial charge in [-0.15, -0.1) is 10.2 Å². The molecular formula is C15H15ClFN3O2. The Bertz CT molecular complexity index is 692. The zero-order chi connectivity index (χ0) is 15.7. The summed E-state index contributed by atoms with van der Waals surface area (Å²) < 4.78 is 19.4. The van der Waals surface area contributed by atoms with Crippen molar-refractivity contribution in [2.45, 2.75) is 18.9 Å². The summed E-state index contributed by atoms with van der Waals surface area (Å²) in [4.78, 5) is 0. The maximum atomic E-state index is 13.8. The van der Waals surface area contributed by atoms with Crippen LogP contribution in [0.5, 0.6) is 5.88 Å². The number of anilines is 1. The van der Waals surface area contributed by atoms with Crippen LogP contribution in [0.25, 0.3) is 11.3 Å². The number of aliphatic hydroxyl groups is 1. The molecule has 0 spiro atoms. The van der Waals surface area contributed by atoms with E-state index in [0.717, 1.165) is 12.8 Å². The number of benzene rings is 1. The van der Waals surface area contributed by atoms with Crippen molar-refractivity contribution in [1.29, 1.82) is 0 Å². The molecule has 1 aromatic heterocycles. The molecule has 1 saturated carbocycles. The molecule has 5 nitrogen and oxygen atoms in total. The molecule has 1 fully saturated rings. The first kappa shape index (κ1) is 15.0. The summed E-state index contributed by atoms with van der Waals surface area (Å²) in [7, 11) is 0. The first-order chi connectivity index (χ1) is 10.6. The van der Waals surface area contributed by atoms with Gasteiger partial charge in [0.2, 0.25) is 0 Å². The minimum absolute atomic E-state index is 0.0116. The summed E-state index contributed by atoms with van der Waals surface area (Å²) >= 11 is 5.87. The number of aromatic nitrogens is 2. The highest BCUT2D eigenvalue weighted by Crippen LogP contribution is 2.33. The molecular weight excluding hydrogens is 309 g/mol. The molecule has 0 atom stereocenters. The molecule has 3 rings (SSSR count). The van der Waals surface area contributed by atoms with Crippen LogP contribution in [0.1, 0.15) is 12.8 Å². The summed E-state index contributed by atoms with van der Waals surface area (Å²) in [6.45, 7) is 0.161. The van der Waals surface area contributed by atoms with Gasteiger partial charge < -0.3 is 15.6 Å². The third-order valence-electron chi connectivity index (χ3n) is 3.72. The lowest BCUT2D eigenvalue weighted by molar-refractivity contribution is 0.0295. The largest absolute Gasteiger partial charge is 0.472 e. The number of hydrogen-bond acceptors (Lipinski definition) is 5. The topological polar surface area (TPSA) is 81.3 Å². The van der Waals surface area contributed by atoms with Crippen molar-refractivity contribution in [2.75, 3.05) is 12.3 Å². The zero-order valence-corrected chi connectivity index (χ0v) is 12.4. The molecule has 7 heteroatoms. The van der Waals surface area contributed by atoms with Crippen molar-refractivity contribution in [1.82, 2.24) is 10.2 Å². The standard InChI is InChI=1S/C15H15ClFN3O2/c16-9-1-2-12(17)11(5-9)14-6-13(18)15(20-19-14)22-10-3-8(4-10)7-21/h1-2,5-6,8,10,21H,3-4,7H2,(H2,18,19). The van der Waals surface area contributed by atoms with Crippen molar-refractivity contribution in [3.05, 3.63) is 35.1 Å². The summed E-state index contributed by atoms with van der Waals surface area (Å²) in [6, 6.07) is 5.71. The van der Waals surface area contributed by atoms with E-state index in [2.05, 4.69) is 10.2 Å². The number of halogens is 2. The van der Waals surface area contributed by atoms with Crippen molar-refractivity contribution in [3.63, 3.8) is 0 Å². The third-order valence-corrected chi connectivity index (χ3v) is 3.96. The lowest BCUT2D eigenvalue weighted by Gasteiger charge is -2.33. The second kappa shape index (κ2) is 6.06. The Morgan fingerprint density at radius 2 is 2.09 bits per heavy atom. The van der Waals surface area contributed by atoms with Gasteiger partial charge in [-0.25, -0.2) is 4.39 Å². The van der Waals surface area contributed by atoms with Gasteiger partial charge in [-0.3, -0.25) is 0 Å². The van der Waals surface area contributed by atoms with Gasteiger partial charge in [-0.2, -0.15) is 0 Å². The highest BCUT2D eigenvalue weighted by atomic mass is 35.5. The van der Waals surface area contributed by atoms with E-state index >= 15 is 0 Å². The molecule has 0 bridgehead atoms. The second-order valence-electron chi connectivity index (χ2n) is 5.37. The smallest absolute Gasteiger partial charge is 0.257 e. The van der Waals surface area contributed by atoms with E-state index in [4.69, 9.17) is 27.2 Å². The highest BCUT2D eigenvalue weighted by molar-refractivity contribution is 6.30. The minimum Gasteiger partial charge on any atom is -0.472 e. The van der Waals surface area contributed by atoms with Crippen LogP contribution in [0, 0.1) is 11.7 Å². The van der Waals surface area contributed by atoms with Gasteiger partial charge in [0, 0.05) is 17.2 Å². The summed E-state index contributed by atoms with van der Waals surface area (Å²) in [5, 5.41) is 17.3. The first-order valence-corrected chi connectivity index (χ1v) is 7.30. The van der Waals surface area contributed by atoms with Crippen LogP contribution in [0.15, 0.2) is 24.3 Å². The number of rotatable bonds is 4. The monoisotopic (exact) mass is 323 g/mol. The van der Waals surface area contributed by atoms with E-state index < -0.39 is 5.82 Å². The van der Waals surface area contributed by atoms with Crippen LogP contribution < -0.4 is 10.5 Å². The van der Waals surface area contributed by atoms with Crippen LogP contribution in [0.3, 0.4) is 0 Å². The summed E-state index contributed by atoms with van der Waals surface area (Å²) in [6.07, 6.45) is 1.52. The van der Waals surface area contributed by atoms with Crippen molar-refractivity contribution >= 4 is 17.3 Å². The van der Waals surface area contributed by atoms with E-state index in [-0.39, 0.29) is 35.8 Å². The number of hydrogen-bond donors (Lipinski definition) is 2. The van der Waals surface area contributed by atoms with E-state index in [1.54, 1.807) is 0 Å². The Morgan fingerprint density at radius 1 is 1.32 bits per heavy atom. The Kier molecular flexibility index (Phi) is 4.13. The maximum Gasteiger partial charge on any atom is 0.257 e. The van der Waals surface area contributed by atoms with Gasteiger partial charge in [0.25, 0.3) is 5.88 Å². The SMILES string of the molecule is Nc1cc(-c2cc(Cl)ccc2F)nnc1OC1CC(CO)C1. The highest BCUT2D eigenvalue weighted by Gasteiger charge is 2.31. The molecule has 1 heterocycles. The number of ether oxygens (including phenoxy) is 1. The Morgan fingerprint density at radius 3 is 2.77 bits per heavy atom. The van der Waals surface area contributed by atoms with Gasteiger partial charge in [-0.1, -0.05) is 11.6 Å². The zero-order valence-electron chi connectivity index (χ0n) is 11.7. The van der Waals surface area contributed by atoms with E-state index in [1.807, 2.05) is 0 Å². The molecule has 0 saturated heterocycles. The maximum absolute atomic E-state index is 13.8. The molecule has 116 valence electrons. The number of nitrogen functional groups attached to an aromatic ring is 1. The molecule has 2 aromatic rings. The van der Waals surface area contributed by atoms with E-state index in [0.29, 0.717) is 10.7 Å². The van der Waals surface area contributed by atoms with Crippen molar-refractivity contribution in [3.8, 4) is 17.1 Å². The fraction of sp³-hybridized carbons (Fsp3) is 0.333. The van der Waals surface area contributed by atoms with Crippen LogP contribution >= 0.6 is 11.6 Å². The van der Waals surface area contributed by atoms with Crippen LogP contribution in [-0.2, 0) is 0 Å². The predicted octanol–water partition coefficient (Wildman–Crippen LogP) is 2.67. The Labute approximate surface area is 131 Å². The molecule has 1 aliphatic rings. The van der Waals surface area contributed by atoms with E-state index in [1.165, 1.54) is 24.3 Å². The van der Waals surface area contributed by atoms with Gasteiger partial charge in [0.1, 0.15) is 11.9 Å². The molecule has 0 amide bonds. The molecule has 0 unspecified atom stereocenters. The average molecular weight is 324 g/mol. The lowest BCUT2D eigenvalue weighted by atomic mass is 9.83. The lowest BCUT2D eigenvalue weighted by Crippen LogP contribution is -2.36. The van der Waals surface area contributed by atoms with Gasteiger partial charge in [0.15, 0.2) is 0 Å². The van der Waals surface area contributed by atoms with Crippen LogP contribution in [-0.4, -0.2) is 28.0 Å². The third kappa shape index (κ3) is 2.98. The van der Waals surface area contributed by atoms with Gasteiger partial charge in [-0.05, 0) is 43.0 Å². The summed E-state index contributed by atoms with van der Waals surface area (Å²) in [5.74, 6) is 0.0585. The molecule has 1 aliphatic carbocycles. The number of nitrogens with two attached hydrogens (primary N) is 1. The fourth-order valence-electron chi connectivity index (χ4n) is 2.39. The van der Waals surface area contributed by atoms with Crippen LogP contribution in [0.4, 0.5) is 10.1 Å². The van der Waals surface area contributed by atoms with Gasteiger partial charge in [0.05, 0.1) is 11.4 Å². The Balaban J connectivity index is 1.79. The van der Waals surface area contributed by atoms with Crippen molar-refractivity contribution < 1.29 is 14.2 Å². The molecule has 1 aromatic carbocycles. The molecule has 22 heavy (non-hydrogen) atoms. The molecule has 3 N–H and O–H groups in total. The second-order valence-corrected chi connectivity index (χ2v) is 5.81. The number of aliphatic hydroxyl groups excluding tert-OH is 1. The average Bonchev–Trinajstić information content (AvgIpc) is 2.46. The Hall–Kier alpha value is -1.92. The van der Waals surface area contributed by atoms with Crippen molar-refractivity contribution in [2.24, 2.45) is 5.92 Å². The fourth-order valence-corrected chi connectivity index (χ4v) is 2.56. The quantitative estimate of drug-likeness (QED) is 0.904. The molecule has 0 radical (unpaired) electrons. The van der Waals surface area contributed by atoms with Gasteiger partial charge >= 0.3 is 0 Å². The normalized spacial score (nSPS) is 20.5. The predicted molar refractivity (Wildman–Crippen MR) is 81.1 cm³/mol. The minimum atomic E-state index is -0.448. The van der Waals surface area contributed by atoms with E-state index in [9.17, 15) is 4.39 Å².